The molecule has 0 radical (unpaired) electrons. The van der Waals surface area contributed by atoms with E-state index in [2.05, 4.69) is 20.7 Å². The van der Waals surface area contributed by atoms with Crippen molar-refractivity contribution in [2.24, 2.45) is 0 Å². The number of anilines is 2. The van der Waals surface area contributed by atoms with Gasteiger partial charge in [-0.05, 0) is 36.8 Å². The van der Waals surface area contributed by atoms with Gasteiger partial charge in [0.05, 0.1) is 19.2 Å². The van der Waals surface area contributed by atoms with Crippen LogP contribution in [0.15, 0.2) is 30.6 Å². The Morgan fingerprint density at radius 2 is 2.03 bits per heavy atom. The van der Waals surface area contributed by atoms with Crippen molar-refractivity contribution in [3.8, 4) is 0 Å². The van der Waals surface area contributed by atoms with Crippen molar-refractivity contribution in [2.45, 2.75) is 19.9 Å². The van der Waals surface area contributed by atoms with E-state index in [0.717, 1.165) is 16.9 Å². The lowest BCUT2D eigenvalue weighted by Gasteiger charge is -2.08. The fourth-order valence-corrected chi connectivity index (χ4v) is 4.24. The molecule has 29 heavy (non-hydrogen) atoms. The molecule has 0 fully saturated rings. The van der Waals surface area contributed by atoms with Gasteiger partial charge < -0.3 is 10.1 Å². The minimum absolute atomic E-state index is 0.258. The van der Waals surface area contributed by atoms with Gasteiger partial charge in [-0.15, -0.1) is 16.4 Å². The number of hydrogen-bond donors (Lipinski definition) is 2. The summed E-state index contributed by atoms with van der Waals surface area (Å²) in [7, 11) is 1.34. The Labute approximate surface area is 187 Å². The van der Waals surface area contributed by atoms with Crippen LogP contribution < -0.4 is 10.6 Å². The Morgan fingerprint density at radius 1 is 1.31 bits per heavy atom. The largest absolute Gasteiger partial charge is 0.465 e. The molecule has 0 atom stereocenters. The number of halogens is 2. The van der Waals surface area contributed by atoms with Crippen LogP contribution in [-0.2, 0) is 17.7 Å². The smallest absolute Gasteiger partial charge is 0.340 e. The zero-order valence-electron chi connectivity index (χ0n) is 15.5. The van der Waals surface area contributed by atoms with E-state index in [1.54, 1.807) is 35.3 Å². The third-order valence-corrected chi connectivity index (χ3v) is 6.01. The van der Waals surface area contributed by atoms with Crippen molar-refractivity contribution >= 4 is 68.8 Å². The maximum Gasteiger partial charge on any atom is 0.340 e. The molecule has 1 aromatic carbocycles. The van der Waals surface area contributed by atoms with Gasteiger partial charge in [-0.3, -0.25) is 5.32 Å². The lowest BCUT2D eigenvalue weighted by molar-refractivity contribution is 0.0602. The summed E-state index contributed by atoms with van der Waals surface area (Å²) in [5.41, 5.74) is 1.19. The lowest BCUT2D eigenvalue weighted by atomic mass is 10.2. The standard InChI is InChI=1S/C18H17Cl2N5O2S2/c1-3-10-7-11(16(26)27-2)15(29-10)22-18(28)23-17-21-9-25(24-17)8-12-13(19)5-4-6-14(12)20/h4-7,9H,3,8H2,1-2H3,(H2,22,23,24,28). The Morgan fingerprint density at radius 3 is 2.69 bits per heavy atom. The average molecular weight is 470 g/mol. The summed E-state index contributed by atoms with van der Waals surface area (Å²) in [5.74, 6) is -0.122. The highest BCUT2D eigenvalue weighted by molar-refractivity contribution is 7.80. The molecule has 2 heterocycles. The van der Waals surface area contributed by atoms with Gasteiger partial charge >= 0.3 is 5.97 Å². The molecule has 11 heteroatoms. The van der Waals surface area contributed by atoms with Gasteiger partial charge in [0, 0.05) is 20.5 Å². The molecule has 0 bridgehead atoms. The molecule has 3 aromatic rings. The van der Waals surface area contributed by atoms with Crippen molar-refractivity contribution in [1.29, 1.82) is 0 Å². The van der Waals surface area contributed by atoms with Crippen molar-refractivity contribution in [3.05, 3.63) is 56.6 Å². The molecule has 0 aliphatic carbocycles. The van der Waals surface area contributed by atoms with Gasteiger partial charge in [0.15, 0.2) is 5.11 Å². The van der Waals surface area contributed by atoms with E-state index >= 15 is 0 Å². The number of thiocarbonyl (C=S) groups is 1. The lowest BCUT2D eigenvalue weighted by Crippen LogP contribution is -2.20. The molecule has 0 saturated carbocycles. The van der Waals surface area contributed by atoms with Crippen LogP contribution >= 0.6 is 46.8 Å². The fourth-order valence-electron chi connectivity index (χ4n) is 2.48. The Kier molecular flexibility index (Phi) is 7.07. The number of methoxy groups -OCH3 is 1. The first-order valence-corrected chi connectivity index (χ1v) is 10.5. The summed E-state index contributed by atoms with van der Waals surface area (Å²) in [4.78, 5) is 17.2. The number of ether oxygens (including phenoxy) is 1. The molecule has 7 nitrogen and oxygen atoms in total. The van der Waals surface area contributed by atoms with Crippen LogP contribution in [0.5, 0.6) is 0 Å². The van der Waals surface area contributed by atoms with Crippen molar-refractivity contribution in [1.82, 2.24) is 14.8 Å². The number of aryl methyl sites for hydroxylation is 1. The molecule has 0 aliphatic heterocycles. The number of aromatic nitrogens is 3. The maximum absolute atomic E-state index is 12.0. The highest BCUT2D eigenvalue weighted by Gasteiger charge is 2.17. The number of carbonyl (C=O) groups excluding carboxylic acids is 1. The van der Waals surface area contributed by atoms with Crippen molar-refractivity contribution in [2.75, 3.05) is 17.7 Å². The molecule has 2 N–H and O–H groups in total. The summed E-state index contributed by atoms with van der Waals surface area (Å²) in [6.45, 7) is 2.37. The van der Waals surface area contributed by atoms with E-state index in [-0.39, 0.29) is 5.11 Å². The highest BCUT2D eigenvalue weighted by Crippen LogP contribution is 2.29. The first kappa shape index (κ1) is 21.5. The minimum Gasteiger partial charge on any atom is -0.465 e. The number of rotatable bonds is 6. The third-order valence-electron chi connectivity index (χ3n) is 3.91. The SMILES string of the molecule is CCc1cc(C(=O)OC)c(NC(=S)Nc2ncn(Cc3c(Cl)cccc3Cl)n2)s1. The van der Waals surface area contributed by atoms with Crippen LogP contribution in [0.25, 0.3) is 0 Å². The third kappa shape index (κ3) is 5.24. The first-order valence-electron chi connectivity index (χ1n) is 8.52. The molecule has 0 amide bonds. The van der Waals surface area contributed by atoms with Crippen molar-refractivity contribution in [3.63, 3.8) is 0 Å². The van der Waals surface area contributed by atoms with Crippen LogP contribution in [0, 0.1) is 0 Å². The quantitative estimate of drug-likeness (QED) is 0.394. The molecule has 0 aliphatic rings. The van der Waals surface area contributed by atoms with Crippen LogP contribution in [-0.4, -0.2) is 33.0 Å². The van der Waals surface area contributed by atoms with E-state index in [1.165, 1.54) is 18.4 Å². The predicted molar refractivity (Wildman–Crippen MR) is 120 cm³/mol. The zero-order valence-corrected chi connectivity index (χ0v) is 18.7. The van der Waals surface area contributed by atoms with Gasteiger partial charge in [0.1, 0.15) is 11.3 Å². The molecular formula is C18H17Cl2N5O2S2. The van der Waals surface area contributed by atoms with Crippen molar-refractivity contribution < 1.29 is 9.53 Å². The normalized spacial score (nSPS) is 10.6. The van der Waals surface area contributed by atoms with Gasteiger partial charge in [0.25, 0.3) is 0 Å². The van der Waals surface area contributed by atoms with E-state index in [0.29, 0.717) is 33.1 Å². The second kappa shape index (κ2) is 9.53. The molecule has 2 aromatic heterocycles. The van der Waals surface area contributed by atoms with E-state index in [4.69, 9.17) is 40.2 Å². The Balaban J connectivity index is 1.68. The number of esters is 1. The molecule has 0 unspecified atom stereocenters. The summed E-state index contributed by atoms with van der Waals surface area (Å²) >= 11 is 19.2. The van der Waals surface area contributed by atoms with E-state index in [9.17, 15) is 4.79 Å². The van der Waals surface area contributed by atoms with Crippen LogP contribution in [0.2, 0.25) is 10.0 Å². The van der Waals surface area contributed by atoms with Gasteiger partial charge in [-0.2, -0.15) is 0 Å². The fraction of sp³-hybridized carbons (Fsp3) is 0.222. The molecular weight excluding hydrogens is 453 g/mol. The Bertz CT molecular complexity index is 1030. The minimum atomic E-state index is -0.426. The molecule has 0 saturated heterocycles. The number of nitrogens with zero attached hydrogens (tertiary/aromatic N) is 3. The maximum atomic E-state index is 12.0. The molecule has 152 valence electrons. The van der Waals surface area contributed by atoms with Gasteiger partial charge in [-0.1, -0.05) is 36.2 Å². The second-order valence-electron chi connectivity index (χ2n) is 5.85. The molecule has 0 spiro atoms. The van der Waals surface area contributed by atoms with E-state index < -0.39 is 5.97 Å². The zero-order chi connectivity index (χ0) is 21.0. The molecule has 3 rings (SSSR count). The summed E-state index contributed by atoms with van der Waals surface area (Å²) < 4.78 is 6.42. The van der Waals surface area contributed by atoms with Crippen LogP contribution in [0.4, 0.5) is 10.9 Å². The number of thiophene rings is 1. The monoisotopic (exact) mass is 469 g/mol. The number of carbonyl (C=O) groups is 1. The summed E-state index contributed by atoms with van der Waals surface area (Å²) in [5, 5.41) is 12.2. The van der Waals surface area contributed by atoms with Crippen LogP contribution in [0.1, 0.15) is 27.7 Å². The average Bonchev–Trinajstić information content (AvgIpc) is 3.30. The van der Waals surface area contributed by atoms with Gasteiger partial charge in [-0.25, -0.2) is 14.5 Å². The summed E-state index contributed by atoms with van der Waals surface area (Å²) in [6, 6.07) is 7.11. The Hall–Kier alpha value is -2.20. The number of benzene rings is 1. The number of hydrogen-bond acceptors (Lipinski definition) is 6. The number of nitrogens with one attached hydrogen (secondary N) is 2. The van der Waals surface area contributed by atoms with Crippen LogP contribution in [0.3, 0.4) is 0 Å². The summed E-state index contributed by atoms with van der Waals surface area (Å²) in [6.07, 6.45) is 2.35. The highest BCUT2D eigenvalue weighted by atomic mass is 35.5. The van der Waals surface area contributed by atoms with E-state index in [1.807, 2.05) is 6.92 Å². The topological polar surface area (TPSA) is 81.1 Å². The van der Waals surface area contributed by atoms with Gasteiger partial charge in [0.2, 0.25) is 5.95 Å². The predicted octanol–water partition coefficient (Wildman–Crippen LogP) is 4.85. The second-order valence-corrected chi connectivity index (χ2v) is 8.21. The first-order chi connectivity index (χ1) is 13.9.